The van der Waals surface area contributed by atoms with Crippen molar-refractivity contribution >= 4 is 21.4 Å². The van der Waals surface area contributed by atoms with Gasteiger partial charge < -0.3 is 10.1 Å². The first kappa shape index (κ1) is 14.5. The molecule has 3 heteroatoms. The fourth-order valence-corrected chi connectivity index (χ4v) is 3.03. The van der Waals surface area contributed by atoms with Crippen molar-refractivity contribution in [3.8, 4) is 0 Å². The van der Waals surface area contributed by atoms with Crippen molar-refractivity contribution in [2.24, 2.45) is 0 Å². The molecule has 19 heavy (non-hydrogen) atoms. The second-order valence-corrected chi connectivity index (χ2v) is 5.97. The van der Waals surface area contributed by atoms with Gasteiger partial charge in [-0.1, -0.05) is 18.2 Å². The summed E-state index contributed by atoms with van der Waals surface area (Å²) >= 11 is 1.83. The summed E-state index contributed by atoms with van der Waals surface area (Å²) in [5, 5.41) is 7.17. The third-order valence-electron chi connectivity index (χ3n) is 3.08. The van der Waals surface area contributed by atoms with E-state index in [2.05, 4.69) is 48.8 Å². The zero-order chi connectivity index (χ0) is 13.5. The van der Waals surface area contributed by atoms with Crippen molar-refractivity contribution in [3.05, 3.63) is 35.2 Å². The molecule has 2 rings (SSSR count). The summed E-state index contributed by atoms with van der Waals surface area (Å²) in [4.78, 5) is 0. The van der Waals surface area contributed by atoms with Crippen LogP contribution in [-0.2, 0) is 11.3 Å². The standard InChI is InChI=1S/C16H23NOS/c1-13(2)18-10-6-5-9-17-11-14-12-19-16-8-4-3-7-15(14)16/h3-4,7-8,12-13,17H,5-6,9-11H2,1-2H3. The lowest BCUT2D eigenvalue weighted by molar-refractivity contribution is 0.0760. The predicted molar refractivity (Wildman–Crippen MR) is 83.9 cm³/mol. The summed E-state index contributed by atoms with van der Waals surface area (Å²) in [6, 6.07) is 8.61. The average Bonchev–Trinajstić information content (AvgIpc) is 2.81. The minimum atomic E-state index is 0.352. The first-order chi connectivity index (χ1) is 9.27. The Morgan fingerprint density at radius 2 is 2.05 bits per heavy atom. The van der Waals surface area contributed by atoms with Gasteiger partial charge in [-0.3, -0.25) is 0 Å². The maximum Gasteiger partial charge on any atom is 0.0518 e. The van der Waals surface area contributed by atoms with E-state index in [1.807, 2.05) is 11.3 Å². The monoisotopic (exact) mass is 277 g/mol. The molecule has 1 aromatic carbocycles. The maximum absolute atomic E-state index is 5.53. The molecule has 0 atom stereocenters. The number of ether oxygens (including phenoxy) is 1. The van der Waals surface area contributed by atoms with E-state index in [1.165, 1.54) is 22.1 Å². The number of fused-ring (bicyclic) bond motifs is 1. The van der Waals surface area contributed by atoms with Crippen LogP contribution in [-0.4, -0.2) is 19.3 Å². The second kappa shape index (κ2) is 7.63. The van der Waals surface area contributed by atoms with Crippen LogP contribution in [0, 0.1) is 0 Å². The zero-order valence-corrected chi connectivity index (χ0v) is 12.6. The van der Waals surface area contributed by atoms with Crippen molar-refractivity contribution in [3.63, 3.8) is 0 Å². The molecule has 0 aliphatic carbocycles. The van der Waals surface area contributed by atoms with Crippen molar-refractivity contribution in [1.82, 2.24) is 5.32 Å². The highest BCUT2D eigenvalue weighted by atomic mass is 32.1. The summed E-state index contributed by atoms with van der Waals surface area (Å²) in [5.41, 5.74) is 1.42. The highest BCUT2D eigenvalue weighted by Gasteiger charge is 2.02. The first-order valence-electron chi connectivity index (χ1n) is 7.05. The van der Waals surface area contributed by atoms with E-state index in [0.29, 0.717) is 6.10 Å². The Balaban J connectivity index is 1.66. The molecule has 0 saturated heterocycles. The summed E-state index contributed by atoms with van der Waals surface area (Å²) in [5.74, 6) is 0. The summed E-state index contributed by atoms with van der Waals surface area (Å²) in [6.07, 6.45) is 2.66. The minimum absolute atomic E-state index is 0.352. The maximum atomic E-state index is 5.53. The Hall–Kier alpha value is -0.900. The molecule has 1 aromatic heterocycles. The van der Waals surface area contributed by atoms with Crippen molar-refractivity contribution in [2.45, 2.75) is 39.3 Å². The fraction of sp³-hybridized carbons (Fsp3) is 0.500. The lowest BCUT2D eigenvalue weighted by Gasteiger charge is -2.07. The molecular weight excluding hydrogens is 254 g/mol. The second-order valence-electron chi connectivity index (χ2n) is 5.06. The molecule has 1 N–H and O–H groups in total. The molecule has 2 nitrogen and oxygen atoms in total. The predicted octanol–water partition coefficient (Wildman–Crippen LogP) is 4.20. The van der Waals surface area contributed by atoms with E-state index >= 15 is 0 Å². The van der Waals surface area contributed by atoms with Gasteiger partial charge in [-0.05, 0) is 55.6 Å². The largest absolute Gasteiger partial charge is 0.379 e. The first-order valence-corrected chi connectivity index (χ1v) is 7.93. The molecule has 0 saturated carbocycles. The van der Waals surface area contributed by atoms with E-state index in [1.54, 1.807) is 0 Å². The number of hydrogen-bond donors (Lipinski definition) is 1. The summed E-state index contributed by atoms with van der Waals surface area (Å²) < 4.78 is 6.91. The third kappa shape index (κ3) is 4.60. The molecule has 0 aliphatic heterocycles. The third-order valence-corrected chi connectivity index (χ3v) is 4.09. The number of nitrogens with one attached hydrogen (secondary N) is 1. The van der Waals surface area contributed by atoms with E-state index < -0.39 is 0 Å². The Labute approximate surface area is 119 Å². The Morgan fingerprint density at radius 3 is 2.89 bits per heavy atom. The molecule has 104 valence electrons. The Kier molecular flexibility index (Phi) is 5.83. The SMILES string of the molecule is CC(C)OCCCCNCc1csc2ccccc12. The van der Waals surface area contributed by atoms with Crippen LogP contribution in [0.15, 0.2) is 29.6 Å². The molecule has 0 bridgehead atoms. The Bertz CT molecular complexity index is 492. The van der Waals surface area contributed by atoms with Gasteiger partial charge in [0.05, 0.1) is 6.10 Å². The number of benzene rings is 1. The lowest BCUT2D eigenvalue weighted by atomic mass is 10.2. The van der Waals surface area contributed by atoms with Crippen LogP contribution in [0.2, 0.25) is 0 Å². The topological polar surface area (TPSA) is 21.3 Å². The number of thiophene rings is 1. The molecular formula is C16H23NOS. The molecule has 0 unspecified atom stereocenters. The van der Waals surface area contributed by atoms with Crippen molar-refractivity contribution < 1.29 is 4.74 Å². The fourth-order valence-electron chi connectivity index (χ4n) is 2.06. The highest BCUT2D eigenvalue weighted by Crippen LogP contribution is 2.25. The van der Waals surface area contributed by atoms with Crippen LogP contribution >= 0.6 is 11.3 Å². The molecule has 2 aromatic rings. The van der Waals surface area contributed by atoms with Gasteiger partial charge >= 0.3 is 0 Å². The summed E-state index contributed by atoms with van der Waals surface area (Å²) in [6.45, 7) is 7.07. The van der Waals surface area contributed by atoms with Crippen LogP contribution < -0.4 is 5.32 Å². The van der Waals surface area contributed by atoms with Gasteiger partial charge in [-0.25, -0.2) is 0 Å². The van der Waals surface area contributed by atoms with E-state index in [0.717, 1.165) is 26.1 Å². The van der Waals surface area contributed by atoms with Crippen LogP contribution in [0.1, 0.15) is 32.3 Å². The quantitative estimate of drug-likeness (QED) is 0.730. The molecule has 0 aliphatic rings. The van der Waals surface area contributed by atoms with Gasteiger partial charge in [0.2, 0.25) is 0 Å². The Morgan fingerprint density at radius 1 is 1.21 bits per heavy atom. The number of hydrogen-bond acceptors (Lipinski definition) is 3. The van der Waals surface area contributed by atoms with Gasteiger partial charge in [0, 0.05) is 17.9 Å². The molecule has 1 heterocycles. The van der Waals surface area contributed by atoms with E-state index in [-0.39, 0.29) is 0 Å². The summed E-state index contributed by atoms with van der Waals surface area (Å²) in [7, 11) is 0. The van der Waals surface area contributed by atoms with Gasteiger partial charge in [0.1, 0.15) is 0 Å². The molecule has 0 spiro atoms. The zero-order valence-electron chi connectivity index (χ0n) is 11.8. The number of rotatable bonds is 8. The van der Waals surface area contributed by atoms with Crippen LogP contribution in [0.3, 0.4) is 0 Å². The van der Waals surface area contributed by atoms with Crippen molar-refractivity contribution in [1.29, 1.82) is 0 Å². The van der Waals surface area contributed by atoms with E-state index in [4.69, 9.17) is 4.74 Å². The normalized spacial score (nSPS) is 11.5. The number of unbranched alkanes of at least 4 members (excludes halogenated alkanes) is 1. The van der Waals surface area contributed by atoms with Crippen LogP contribution in [0.4, 0.5) is 0 Å². The minimum Gasteiger partial charge on any atom is -0.379 e. The van der Waals surface area contributed by atoms with E-state index in [9.17, 15) is 0 Å². The van der Waals surface area contributed by atoms with Gasteiger partial charge in [0.25, 0.3) is 0 Å². The average molecular weight is 277 g/mol. The lowest BCUT2D eigenvalue weighted by Crippen LogP contribution is -2.15. The molecule has 0 fully saturated rings. The van der Waals surface area contributed by atoms with Gasteiger partial charge in [-0.15, -0.1) is 11.3 Å². The van der Waals surface area contributed by atoms with Gasteiger partial charge in [-0.2, -0.15) is 0 Å². The smallest absolute Gasteiger partial charge is 0.0518 e. The van der Waals surface area contributed by atoms with Crippen molar-refractivity contribution in [2.75, 3.05) is 13.2 Å². The molecule has 0 amide bonds. The van der Waals surface area contributed by atoms with Crippen LogP contribution in [0.25, 0.3) is 10.1 Å². The highest BCUT2D eigenvalue weighted by molar-refractivity contribution is 7.17. The molecule has 0 radical (unpaired) electrons. The van der Waals surface area contributed by atoms with Gasteiger partial charge in [0.15, 0.2) is 0 Å². The van der Waals surface area contributed by atoms with Crippen LogP contribution in [0.5, 0.6) is 0 Å².